The summed E-state index contributed by atoms with van der Waals surface area (Å²) in [6.45, 7) is 5.93. The van der Waals surface area contributed by atoms with E-state index in [0.29, 0.717) is 13.1 Å². The topological polar surface area (TPSA) is 102 Å². The maximum Gasteiger partial charge on any atom is 0.338 e. The minimum atomic E-state index is -3.78. The number of hydrogen-bond donors (Lipinski definition) is 1. The number of hydrogen-bond acceptors (Lipinski definition) is 6. The van der Waals surface area contributed by atoms with Gasteiger partial charge in [-0.05, 0) is 51.8 Å². The number of benzene rings is 1. The van der Waals surface area contributed by atoms with Crippen LogP contribution in [0, 0.1) is 0 Å². The first kappa shape index (κ1) is 21.2. The summed E-state index contributed by atoms with van der Waals surface area (Å²) < 4.78 is 37.4. The lowest BCUT2D eigenvalue weighted by Gasteiger charge is -2.19. The number of nitrogens with one attached hydrogen (secondary N) is 1. The van der Waals surface area contributed by atoms with Crippen LogP contribution < -0.4 is 10.1 Å². The van der Waals surface area contributed by atoms with E-state index in [0.717, 1.165) is 12.8 Å². The van der Waals surface area contributed by atoms with Gasteiger partial charge < -0.3 is 14.8 Å². The van der Waals surface area contributed by atoms with E-state index in [1.54, 1.807) is 13.8 Å². The Kier molecular flexibility index (Phi) is 6.83. The van der Waals surface area contributed by atoms with E-state index in [1.807, 2.05) is 0 Å². The number of nitrogens with zero attached hydrogens (tertiary/aromatic N) is 1. The summed E-state index contributed by atoms with van der Waals surface area (Å²) in [5.74, 6) is -1.04. The Morgan fingerprint density at radius 1 is 1.15 bits per heavy atom. The van der Waals surface area contributed by atoms with Gasteiger partial charge in [-0.3, -0.25) is 4.79 Å². The molecule has 0 aliphatic carbocycles. The minimum Gasteiger partial charge on any atom is -0.495 e. The zero-order valence-corrected chi connectivity index (χ0v) is 16.8. The normalized spacial score (nSPS) is 16.2. The van der Waals surface area contributed by atoms with Crippen molar-refractivity contribution >= 4 is 21.9 Å². The van der Waals surface area contributed by atoms with Crippen LogP contribution in [0.25, 0.3) is 0 Å². The first-order valence-electron chi connectivity index (χ1n) is 8.86. The molecule has 1 amide bonds. The van der Waals surface area contributed by atoms with E-state index in [-0.39, 0.29) is 22.3 Å². The lowest BCUT2D eigenvalue weighted by atomic mass is 10.2. The van der Waals surface area contributed by atoms with Gasteiger partial charge in [-0.2, -0.15) is 4.31 Å². The van der Waals surface area contributed by atoms with E-state index in [4.69, 9.17) is 9.47 Å². The molecule has 27 heavy (non-hydrogen) atoms. The van der Waals surface area contributed by atoms with Crippen molar-refractivity contribution in [2.24, 2.45) is 0 Å². The Balaban J connectivity index is 2.26. The predicted molar refractivity (Wildman–Crippen MR) is 99.1 cm³/mol. The van der Waals surface area contributed by atoms with Gasteiger partial charge in [0, 0.05) is 19.1 Å². The van der Waals surface area contributed by atoms with Crippen LogP contribution in [0.3, 0.4) is 0 Å². The highest BCUT2D eigenvalue weighted by atomic mass is 32.2. The standard InChI is InChI=1S/C18H26N2O6S/c1-12(2)19-17(21)13(3)26-18(22)14-7-8-15(25-4)16(11-14)27(23,24)20-9-5-6-10-20/h7-8,11-13H,5-6,9-10H2,1-4H3,(H,19,21). The summed E-state index contributed by atoms with van der Waals surface area (Å²) in [6, 6.07) is 3.98. The van der Waals surface area contributed by atoms with Crippen LogP contribution in [0.2, 0.25) is 0 Å². The Bertz CT molecular complexity index is 800. The van der Waals surface area contributed by atoms with Gasteiger partial charge in [0.25, 0.3) is 5.91 Å². The third-order valence-electron chi connectivity index (χ3n) is 4.17. The number of ether oxygens (including phenoxy) is 2. The molecule has 1 N–H and O–H groups in total. The Hall–Kier alpha value is -2.13. The summed E-state index contributed by atoms with van der Waals surface area (Å²) in [5, 5.41) is 2.65. The van der Waals surface area contributed by atoms with Gasteiger partial charge in [0.05, 0.1) is 12.7 Å². The quantitative estimate of drug-likeness (QED) is 0.699. The highest BCUT2D eigenvalue weighted by Crippen LogP contribution is 2.30. The number of sulfonamides is 1. The van der Waals surface area contributed by atoms with Crippen LogP contribution in [0.5, 0.6) is 5.75 Å². The van der Waals surface area contributed by atoms with Gasteiger partial charge in [-0.25, -0.2) is 13.2 Å². The molecule has 1 saturated heterocycles. The van der Waals surface area contributed by atoms with Gasteiger partial charge in [-0.1, -0.05) is 0 Å². The second-order valence-corrected chi connectivity index (χ2v) is 8.59. The average molecular weight is 398 g/mol. The molecular formula is C18H26N2O6S. The highest BCUT2D eigenvalue weighted by molar-refractivity contribution is 7.89. The third kappa shape index (κ3) is 4.98. The van der Waals surface area contributed by atoms with E-state index in [9.17, 15) is 18.0 Å². The second kappa shape index (κ2) is 8.71. The average Bonchev–Trinajstić information content (AvgIpc) is 3.15. The molecule has 0 radical (unpaired) electrons. The van der Waals surface area contributed by atoms with Crippen molar-refractivity contribution in [1.82, 2.24) is 9.62 Å². The fourth-order valence-corrected chi connectivity index (χ4v) is 4.46. The summed E-state index contributed by atoms with van der Waals surface area (Å²) in [7, 11) is -2.41. The Morgan fingerprint density at radius 2 is 1.78 bits per heavy atom. The summed E-state index contributed by atoms with van der Waals surface area (Å²) in [6.07, 6.45) is 0.595. The molecule has 1 aliphatic rings. The maximum atomic E-state index is 12.9. The Labute approximate surface area is 159 Å². The molecule has 1 aromatic rings. The molecule has 2 rings (SSSR count). The number of methoxy groups -OCH3 is 1. The molecule has 1 aromatic carbocycles. The largest absolute Gasteiger partial charge is 0.495 e. The van der Waals surface area contributed by atoms with Crippen molar-refractivity contribution in [3.63, 3.8) is 0 Å². The first-order chi connectivity index (χ1) is 12.7. The predicted octanol–water partition coefficient (Wildman–Crippen LogP) is 1.55. The molecule has 1 aliphatic heterocycles. The monoisotopic (exact) mass is 398 g/mol. The molecular weight excluding hydrogens is 372 g/mol. The molecule has 0 bridgehead atoms. The van der Waals surface area contributed by atoms with Crippen LogP contribution in [0.15, 0.2) is 23.1 Å². The van der Waals surface area contributed by atoms with Crippen LogP contribution in [-0.4, -0.2) is 56.9 Å². The van der Waals surface area contributed by atoms with E-state index in [2.05, 4.69) is 5.32 Å². The molecule has 1 unspecified atom stereocenters. The van der Waals surface area contributed by atoms with E-state index >= 15 is 0 Å². The van der Waals surface area contributed by atoms with Crippen molar-refractivity contribution in [1.29, 1.82) is 0 Å². The molecule has 1 fully saturated rings. The molecule has 8 nitrogen and oxygen atoms in total. The zero-order chi connectivity index (χ0) is 20.2. The smallest absolute Gasteiger partial charge is 0.338 e. The van der Waals surface area contributed by atoms with E-state index < -0.39 is 28.0 Å². The van der Waals surface area contributed by atoms with Crippen LogP contribution >= 0.6 is 0 Å². The zero-order valence-electron chi connectivity index (χ0n) is 16.0. The Morgan fingerprint density at radius 3 is 2.33 bits per heavy atom. The first-order valence-corrected chi connectivity index (χ1v) is 10.3. The number of esters is 1. The lowest BCUT2D eigenvalue weighted by Crippen LogP contribution is -2.39. The molecule has 1 heterocycles. The summed E-state index contributed by atoms with van der Waals surface area (Å²) >= 11 is 0. The number of amides is 1. The molecule has 0 aromatic heterocycles. The van der Waals surface area contributed by atoms with Crippen molar-refractivity contribution in [3.8, 4) is 5.75 Å². The van der Waals surface area contributed by atoms with Gasteiger partial charge in [0.15, 0.2) is 6.10 Å². The molecule has 9 heteroatoms. The van der Waals surface area contributed by atoms with Crippen molar-refractivity contribution in [2.75, 3.05) is 20.2 Å². The molecule has 0 saturated carbocycles. The molecule has 0 spiro atoms. The lowest BCUT2D eigenvalue weighted by molar-refractivity contribution is -0.129. The second-order valence-electron chi connectivity index (χ2n) is 6.69. The molecule has 150 valence electrons. The fraction of sp³-hybridized carbons (Fsp3) is 0.556. The minimum absolute atomic E-state index is 0.0396. The molecule has 1 atom stereocenters. The van der Waals surface area contributed by atoms with Gasteiger partial charge in [0.2, 0.25) is 10.0 Å². The van der Waals surface area contributed by atoms with Crippen LogP contribution in [-0.2, 0) is 19.6 Å². The maximum absolute atomic E-state index is 12.9. The number of carbonyl (C=O) groups is 2. The van der Waals surface area contributed by atoms with Crippen LogP contribution in [0.4, 0.5) is 0 Å². The van der Waals surface area contributed by atoms with E-state index in [1.165, 1.54) is 36.5 Å². The number of rotatable bonds is 7. The SMILES string of the molecule is COc1ccc(C(=O)OC(C)C(=O)NC(C)C)cc1S(=O)(=O)N1CCCC1. The van der Waals surface area contributed by atoms with Gasteiger partial charge >= 0.3 is 5.97 Å². The van der Waals surface area contributed by atoms with Crippen molar-refractivity contribution < 1.29 is 27.5 Å². The highest BCUT2D eigenvalue weighted by Gasteiger charge is 2.31. The number of carbonyl (C=O) groups excluding carboxylic acids is 2. The van der Waals surface area contributed by atoms with Crippen molar-refractivity contribution in [3.05, 3.63) is 23.8 Å². The van der Waals surface area contributed by atoms with Crippen molar-refractivity contribution in [2.45, 2.75) is 50.7 Å². The van der Waals surface area contributed by atoms with Gasteiger partial charge in [-0.15, -0.1) is 0 Å². The summed E-state index contributed by atoms with van der Waals surface area (Å²) in [4.78, 5) is 24.2. The summed E-state index contributed by atoms with van der Waals surface area (Å²) in [5.41, 5.74) is 0.0396. The van der Waals surface area contributed by atoms with Crippen LogP contribution in [0.1, 0.15) is 44.0 Å². The fourth-order valence-electron chi connectivity index (χ4n) is 2.76. The third-order valence-corrected chi connectivity index (χ3v) is 6.09. The van der Waals surface area contributed by atoms with Gasteiger partial charge in [0.1, 0.15) is 10.6 Å².